The molecule has 1 heteroatoms. The second kappa shape index (κ2) is 5.44. The van der Waals surface area contributed by atoms with Gasteiger partial charge in [-0.05, 0) is 60.8 Å². The summed E-state index contributed by atoms with van der Waals surface area (Å²) in [5, 5.41) is 10.5. The van der Waals surface area contributed by atoms with Crippen LogP contribution >= 0.6 is 0 Å². The lowest BCUT2D eigenvalue weighted by molar-refractivity contribution is 0.110. The van der Waals surface area contributed by atoms with E-state index in [9.17, 15) is 5.11 Å². The van der Waals surface area contributed by atoms with E-state index >= 15 is 0 Å². The first-order chi connectivity index (χ1) is 8.12. The third kappa shape index (κ3) is 3.58. The summed E-state index contributed by atoms with van der Waals surface area (Å²) in [7, 11) is 0. The van der Waals surface area contributed by atoms with Crippen molar-refractivity contribution in [1.29, 1.82) is 0 Å². The molecule has 0 bridgehead atoms. The lowest BCUT2D eigenvalue weighted by Gasteiger charge is -2.29. The van der Waals surface area contributed by atoms with Gasteiger partial charge in [-0.25, -0.2) is 0 Å². The molecule has 1 aromatic rings. The van der Waals surface area contributed by atoms with Crippen molar-refractivity contribution in [2.24, 2.45) is 11.3 Å². The Morgan fingerprint density at radius 1 is 1.00 bits per heavy atom. The van der Waals surface area contributed by atoms with E-state index in [1.807, 2.05) is 0 Å². The molecule has 0 amide bonds. The van der Waals surface area contributed by atoms with Crippen LogP contribution in [0, 0.1) is 32.1 Å². The van der Waals surface area contributed by atoms with Crippen LogP contribution in [0.1, 0.15) is 62.5 Å². The van der Waals surface area contributed by atoms with Gasteiger partial charge in [0.1, 0.15) is 0 Å². The second-order valence-corrected chi connectivity index (χ2v) is 6.81. The van der Waals surface area contributed by atoms with Crippen LogP contribution in [0.15, 0.2) is 12.1 Å². The molecule has 0 aliphatic carbocycles. The third-order valence-corrected chi connectivity index (χ3v) is 4.30. The summed E-state index contributed by atoms with van der Waals surface area (Å²) in [5.41, 5.74) is 5.10. The number of hydrogen-bond donors (Lipinski definition) is 1. The zero-order valence-corrected chi connectivity index (χ0v) is 13.0. The van der Waals surface area contributed by atoms with Crippen molar-refractivity contribution < 1.29 is 5.11 Å². The van der Waals surface area contributed by atoms with Crippen LogP contribution in [-0.2, 0) is 0 Å². The molecule has 102 valence electrons. The highest BCUT2D eigenvalue weighted by Crippen LogP contribution is 2.34. The Labute approximate surface area is 112 Å². The summed E-state index contributed by atoms with van der Waals surface area (Å²) < 4.78 is 0. The van der Waals surface area contributed by atoms with Crippen molar-refractivity contribution in [3.05, 3.63) is 34.4 Å². The molecule has 0 aliphatic rings. The average Bonchev–Trinajstić information content (AvgIpc) is 2.21. The predicted molar refractivity (Wildman–Crippen MR) is 78.8 cm³/mol. The van der Waals surface area contributed by atoms with Gasteiger partial charge >= 0.3 is 0 Å². The highest BCUT2D eigenvalue weighted by Gasteiger charge is 2.24. The summed E-state index contributed by atoms with van der Waals surface area (Å²) in [6, 6.07) is 4.32. The molecule has 2 unspecified atom stereocenters. The van der Waals surface area contributed by atoms with Crippen LogP contribution in [0.3, 0.4) is 0 Å². The lowest BCUT2D eigenvalue weighted by atomic mass is 9.77. The summed E-state index contributed by atoms with van der Waals surface area (Å²) in [4.78, 5) is 0. The molecule has 0 saturated heterocycles. The average molecular weight is 248 g/mol. The van der Waals surface area contributed by atoms with E-state index in [1.165, 1.54) is 16.7 Å². The Morgan fingerprint density at radius 2 is 1.50 bits per heavy atom. The molecule has 1 aromatic carbocycles. The summed E-state index contributed by atoms with van der Waals surface area (Å²) >= 11 is 0. The lowest BCUT2D eigenvalue weighted by Crippen LogP contribution is -2.20. The molecule has 0 spiro atoms. The number of hydrogen-bond acceptors (Lipinski definition) is 1. The largest absolute Gasteiger partial charge is 0.388 e. The standard InChI is InChI=1S/C17H28O/c1-11-8-13(3)15(9-12(11)2)16(18)10-14(4)17(5,6)7/h8-9,14,16,18H,10H2,1-7H3. The van der Waals surface area contributed by atoms with Gasteiger partial charge in [0.2, 0.25) is 0 Å². The SMILES string of the molecule is Cc1cc(C)c(C(O)CC(C)C(C)(C)C)cc1C. The first-order valence-corrected chi connectivity index (χ1v) is 6.88. The van der Waals surface area contributed by atoms with Crippen LogP contribution < -0.4 is 0 Å². The maximum atomic E-state index is 10.5. The van der Waals surface area contributed by atoms with Gasteiger partial charge in [0.15, 0.2) is 0 Å². The topological polar surface area (TPSA) is 20.2 Å². The molecule has 1 N–H and O–H groups in total. The number of aliphatic hydroxyl groups is 1. The molecule has 0 radical (unpaired) electrons. The monoisotopic (exact) mass is 248 g/mol. The third-order valence-electron chi connectivity index (χ3n) is 4.30. The van der Waals surface area contributed by atoms with Crippen LogP contribution in [0.2, 0.25) is 0 Å². The van der Waals surface area contributed by atoms with E-state index in [2.05, 4.69) is 60.6 Å². The Hall–Kier alpha value is -0.820. The summed E-state index contributed by atoms with van der Waals surface area (Å²) in [5.74, 6) is 0.494. The van der Waals surface area contributed by atoms with Crippen molar-refractivity contribution in [2.45, 2.75) is 61.0 Å². The highest BCUT2D eigenvalue weighted by atomic mass is 16.3. The molecule has 0 aliphatic heterocycles. The van der Waals surface area contributed by atoms with Crippen molar-refractivity contribution in [3.63, 3.8) is 0 Å². The number of benzene rings is 1. The fraction of sp³-hybridized carbons (Fsp3) is 0.647. The van der Waals surface area contributed by atoms with Gasteiger partial charge in [-0.3, -0.25) is 0 Å². The molecule has 0 saturated carbocycles. The van der Waals surface area contributed by atoms with Crippen LogP contribution in [0.25, 0.3) is 0 Å². The van der Waals surface area contributed by atoms with E-state index in [4.69, 9.17) is 0 Å². The maximum absolute atomic E-state index is 10.5. The molecule has 0 heterocycles. The fourth-order valence-electron chi connectivity index (χ4n) is 2.16. The van der Waals surface area contributed by atoms with Gasteiger partial charge in [0.25, 0.3) is 0 Å². The molecule has 18 heavy (non-hydrogen) atoms. The Bertz CT molecular complexity index is 412. The minimum atomic E-state index is -0.349. The normalized spacial score (nSPS) is 15.6. The zero-order valence-electron chi connectivity index (χ0n) is 13.0. The molecule has 0 fully saturated rings. The molecule has 1 rings (SSSR count). The highest BCUT2D eigenvalue weighted by molar-refractivity contribution is 5.37. The van der Waals surface area contributed by atoms with Gasteiger partial charge in [-0.2, -0.15) is 0 Å². The molecular weight excluding hydrogens is 220 g/mol. The zero-order chi connectivity index (χ0) is 14.1. The number of aryl methyl sites for hydroxylation is 3. The van der Waals surface area contributed by atoms with Crippen LogP contribution in [0.4, 0.5) is 0 Å². The Balaban J connectivity index is 2.91. The van der Waals surface area contributed by atoms with E-state index in [-0.39, 0.29) is 11.5 Å². The van der Waals surface area contributed by atoms with Gasteiger partial charge < -0.3 is 5.11 Å². The first-order valence-electron chi connectivity index (χ1n) is 6.88. The van der Waals surface area contributed by atoms with E-state index in [0.29, 0.717) is 5.92 Å². The second-order valence-electron chi connectivity index (χ2n) is 6.81. The number of rotatable bonds is 3. The smallest absolute Gasteiger partial charge is 0.0795 e. The Kier molecular flexibility index (Phi) is 4.61. The molecule has 2 atom stereocenters. The summed E-state index contributed by atoms with van der Waals surface area (Å²) in [6.45, 7) is 15.2. The summed E-state index contributed by atoms with van der Waals surface area (Å²) in [6.07, 6.45) is 0.478. The minimum Gasteiger partial charge on any atom is -0.388 e. The van der Waals surface area contributed by atoms with E-state index in [1.54, 1.807) is 0 Å². The van der Waals surface area contributed by atoms with E-state index < -0.39 is 0 Å². The predicted octanol–water partition coefficient (Wildman–Crippen LogP) is 4.72. The minimum absolute atomic E-state index is 0.245. The Morgan fingerprint density at radius 3 is 2.00 bits per heavy atom. The van der Waals surface area contributed by atoms with Gasteiger partial charge in [-0.15, -0.1) is 0 Å². The van der Waals surface area contributed by atoms with Gasteiger partial charge in [0, 0.05) is 0 Å². The van der Waals surface area contributed by atoms with E-state index in [0.717, 1.165) is 12.0 Å². The van der Waals surface area contributed by atoms with Gasteiger partial charge in [-0.1, -0.05) is 39.8 Å². The van der Waals surface area contributed by atoms with Crippen LogP contribution in [0.5, 0.6) is 0 Å². The molecule has 1 nitrogen and oxygen atoms in total. The molecule has 0 aromatic heterocycles. The van der Waals surface area contributed by atoms with Crippen molar-refractivity contribution in [1.82, 2.24) is 0 Å². The van der Waals surface area contributed by atoms with Crippen molar-refractivity contribution in [3.8, 4) is 0 Å². The van der Waals surface area contributed by atoms with Gasteiger partial charge in [0.05, 0.1) is 6.10 Å². The quantitative estimate of drug-likeness (QED) is 0.820. The fourth-order valence-corrected chi connectivity index (χ4v) is 2.16. The molecular formula is C17H28O. The maximum Gasteiger partial charge on any atom is 0.0795 e. The van der Waals surface area contributed by atoms with Crippen molar-refractivity contribution in [2.75, 3.05) is 0 Å². The van der Waals surface area contributed by atoms with Crippen LogP contribution in [-0.4, -0.2) is 5.11 Å². The number of aliphatic hydroxyl groups excluding tert-OH is 1. The first kappa shape index (κ1) is 15.2. The van der Waals surface area contributed by atoms with Crippen molar-refractivity contribution >= 4 is 0 Å².